The summed E-state index contributed by atoms with van der Waals surface area (Å²) >= 11 is 1.08. The Morgan fingerprint density at radius 3 is 2.74 bits per heavy atom. The molecule has 19 heavy (non-hydrogen) atoms. The molecule has 100 valence electrons. The number of nitrogens with one attached hydrogen (secondary N) is 1. The highest BCUT2D eigenvalue weighted by molar-refractivity contribution is 7.17. The number of rotatable bonds is 3. The van der Waals surface area contributed by atoms with E-state index in [2.05, 4.69) is 10.3 Å². The molecule has 0 aliphatic rings. The van der Waals surface area contributed by atoms with Crippen molar-refractivity contribution in [2.75, 3.05) is 5.73 Å². The molecule has 2 rings (SSSR count). The van der Waals surface area contributed by atoms with Crippen LogP contribution in [0.1, 0.15) is 20.9 Å². The predicted octanol–water partition coefficient (Wildman–Crippen LogP) is 2.24. The van der Waals surface area contributed by atoms with E-state index in [1.54, 1.807) is 6.92 Å². The molecule has 0 radical (unpaired) electrons. The molecule has 7 heteroatoms. The lowest BCUT2D eigenvalue weighted by atomic mass is 10.2. The third-order valence-electron chi connectivity index (χ3n) is 2.46. The van der Waals surface area contributed by atoms with E-state index >= 15 is 0 Å². The van der Waals surface area contributed by atoms with Crippen molar-refractivity contribution in [2.24, 2.45) is 0 Å². The summed E-state index contributed by atoms with van der Waals surface area (Å²) in [4.78, 5) is 16.2. The van der Waals surface area contributed by atoms with E-state index in [9.17, 15) is 13.6 Å². The van der Waals surface area contributed by atoms with Gasteiger partial charge in [-0.1, -0.05) is 17.4 Å². The van der Waals surface area contributed by atoms with Crippen molar-refractivity contribution in [3.05, 3.63) is 46.0 Å². The average Bonchev–Trinajstić information content (AvgIpc) is 2.70. The highest BCUT2D eigenvalue weighted by Crippen LogP contribution is 2.19. The third kappa shape index (κ3) is 3.05. The lowest BCUT2D eigenvalue weighted by molar-refractivity contribution is 0.0954. The minimum absolute atomic E-state index is 0.104. The van der Waals surface area contributed by atoms with Gasteiger partial charge in [-0.2, -0.15) is 0 Å². The molecule has 2 aromatic rings. The zero-order valence-corrected chi connectivity index (χ0v) is 10.9. The number of benzene rings is 1. The molecule has 4 nitrogen and oxygen atoms in total. The monoisotopic (exact) mass is 283 g/mol. The fraction of sp³-hybridized carbons (Fsp3) is 0.167. The first-order chi connectivity index (χ1) is 8.97. The number of thiazole rings is 1. The first-order valence-corrected chi connectivity index (χ1v) is 6.24. The molecule has 1 aromatic heterocycles. The molecular formula is C12H11F2N3OS. The van der Waals surface area contributed by atoms with Crippen LogP contribution >= 0.6 is 11.3 Å². The van der Waals surface area contributed by atoms with Crippen molar-refractivity contribution >= 4 is 22.4 Å². The maximum atomic E-state index is 13.0. The smallest absolute Gasteiger partial charge is 0.263 e. The van der Waals surface area contributed by atoms with Gasteiger partial charge < -0.3 is 11.1 Å². The largest absolute Gasteiger partial charge is 0.375 e. The minimum atomic E-state index is -0.940. The van der Waals surface area contributed by atoms with Crippen molar-refractivity contribution in [3.8, 4) is 0 Å². The molecule has 3 N–H and O–H groups in total. The second-order valence-corrected chi connectivity index (χ2v) is 4.93. The normalized spacial score (nSPS) is 10.5. The lowest BCUT2D eigenvalue weighted by Gasteiger charge is -2.04. The fourth-order valence-corrected chi connectivity index (χ4v) is 2.29. The number of amides is 1. The van der Waals surface area contributed by atoms with Crippen LogP contribution in [-0.2, 0) is 6.54 Å². The van der Waals surface area contributed by atoms with Gasteiger partial charge in [-0.15, -0.1) is 0 Å². The van der Waals surface area contributed by atoms with Gasteiger partial charge in [-0.25, -0.2) is 13.8 Å². The number of nitrogen functional groups attached to an aromatic ring is 1. The predicted molar refractivity (Wildman–Crippen MR) is 68.8 cm³/mol. The number of anilines is 1. The standard InChI is InChI=1S/C12H11F2N3OS/c1-6-10(19-12(15)17-6)11(18)16-5-7-2-3-8(13)9(14)4-7/h2-4H,5H2,1H3,(H2,15,17)(H,16,18). The first-order valence-electron chi connectivity index (χ1n) is 5.42. The summed E-state index contributed by atoms with van der Waals surface area (Å²) in [6, 6.07) is 3.48. The van der Waals surface area contributed by atoms with E-state index in [-0.39, 0.29) is 12.5 Å². The number of hydrogen-bond acceptors (Lipinski definition) is 4. The summed E-state index contributed by atoms with van der Waals surface area (Å²) in [6.45, 7) is 1.78. The Morgan fingerprint density at radius 2 is 2.16 bits per heavy atom. The number of aryl methyl sites for hydroxylation is 1. The number of carbonyl (C=O) groups is 1. The van der Waals surface area contributed by atoms with Crippen LogP contribution in [0, 0.1) is 18.6 Å². The highest BCUT2D eigenvalue weighted by atomic mass is 32.1. The molecule has 1 heterocycles. The summed E-state index contributed by atoms with van der Waals surface area (Å²) < 4.78 is 25.7. The van der Waals surface area contributed by atoms with Crippen molar-refractivity contribution < 1.29 is 13.6 Å². The Hall–Kier alpha value is -2.02. The van der Waals surface area contributed by atoms with Crippen LogP contribution in [-0.4, -0.2) is 10.9 Å². The second kappa shape index (κ2) is 5.31. The van der Waals surface area contributed by atoms with Crippen molar-refractivity contribution in [3.63, 3.8) is 0 Å². The summed E-state index contributed by atoms with van der Waals surface area (Å²) in [5, 5.41) is 2.92. The van der Waals surface area contributed by atoms with Crippen LogP contribution in [0.2, 0.25) is 0 Å². The van der Waals surface area contributed by atoms with E-state index in [0.29, 0.717) is 21.3 Å². The quantitative estimate of drug-likeness (QED) is 0.907. The van der Waals surface area contributed by atoms with Gasteiger partial charge in [0.2, 0.25) is 0 Å². The summed E-state index contributed by atoms with van der Waals surface area (Å²) in [5.74, 6) is -2.19. The van der Waals surface area contributed by atoms with Crippen LogP contribution in [0.4, 0.5) is 13.9 Å². The number of halogens is 2. The lowest BCUT2D eigenvalue weighted by Crippen LogP contribution is -2.22. The minimum Gasteiger partial charge on any atom is -0.375 e. The van der Waals surface area contributed by atoms with Gasteiger partial charge in [-0.05, 0) is 24.6 Å². The Labute approximate surface area is 112 Å². The fourth-order valence-electron chi connectivity index (χ4n) is 1.54. The Bertz CT molecular complexity index is 627. The average molecular weight is 283 g/mol. The second-order valence-electron chi connectivity index (χ2n) is 3.90. The number of aromatic nitrogens is 1. The molecule has 0 atom stereocenters. The van der Waals surface area contributed by atoms with Gasteiger partial charge >= 0.3 is 0 Å². The van der Waals surface area contributed by atoms with E-state index < -0.39 is 11.6 Å². The van der Waals surface area contributed by atoms with Crippen LogP contribution < -0.4 is 11.1 Å². The maximum Gasteiger partial charge on any atom is 0.263 e. The van der Waals surface area contributed by atoms with Crippen molar-refractivity contribution in [1.29, 1.82) is 0 Å². The topological polar surface area (TPSA) is 68.0 Å². The van der Waals surface area contributed by atoms with E-state index in [1.807, 2.05) is 0 Å². The van der Waals surface area contributed by atoms with E-state index in [0.717, 1.165) is 23.5 Å². The molecule has 0 bridgehead atoms. The number of nitrogens with two attached hydrogens (primary N) is 1. The number of nitrogens with zero attached hydrogens (tertiary/aromatic N) is 1. The van der Waals surface area contributed by atoms with Crippen molar-refractivity contribution in [1.82, 2.24) is 10.3 Å². The summed E-state index contributed by atoms with van der Waals surface area (Å²) in [7, 11) is 0. The molecule has 0 spiro atoms. The zero-order valence-electron chi connectivity index (χ0n) is 10.0. The van der Waals surface area contributed by atoms with Gasteiger partial charge in [0.05, 0.1) is 5.69 Å². The molecule has 1 amide bonds. The SMILES string of the molecule is Cc1nc(N)sc1C(=O)NCc1ccc(F)c(F)c1. The Kier molecular flexibility index (Phi) is 3.75. The van der Waals surface area contributed by atoms with Gasteiger partial charge in [0.1, 0.15) is 4.88 Å². The van der Waals surface area contributed by atoms with Crippen LogP contribution in [0.5, 0.6) is 0 Å². The molecular weight excluding hydrogens is 272 g/mol. The van der Waals surface area contributed by atoms with E-state index in [4.69, 9.17) is 5.73 Å². The van der Waals surface area contributed by atoms with Crippen LogP contribution in [0.15, 0.2) is 18.2 Å². The molecule has 0 aliphatic heterocycles. The summed E-state index contributed by atoms with van der Waals surface area (Å²) in [6.07, 6.45) is 0. The van der Waals surface area contributed by atoms with Crippen LogP contribution in [0.3, 0.4) is 0 Å². The molecule has 0 aliphatic carbocycles. The van der Waals surface area contributed by atoms with Gasteiger partial charge in [-0.3, -0.25) is 4.79 Å². The Morgan fingerprint density at radius 1 is 1.42 bits per heavy atom. The van der Waals surface area contributed by atoms with Crippen molar-refractivity contribution in [2.45, 2.75) is 13.5 Å². The van der Waals surface area contributed by atoms with Gasteiger partial charge in [0.25, 0.3) is 5.91 Å². The molecule has 0 unspecified atom stereocenters. The Balaban J connectivity index is 2.04. The van der Waals surface area contributed by atoms with Gasteiger partial charge in [0, 0.05) is 6.54 Å². The maximum absolute atomic E-state index is 13.0. The molecule has 1 aromatic carbocycles. The molecule has 0 fully saturated rings. The molecule has 0 saturated carbocycles. The van der Waals surface area contributed by atoms with Crippen LogP contribution in [0.25, 0.3) is 0 Å². The highest BCUT2D eigenvalue weighted by Gasteiger charge is 2.14. The van der Waals surface area contributed by atoms with Gasteiger partial charge in [0.15, 0.2) is 16.8 Å². The number of carbonyl (C=O) groups excluding carboxylic acids is 1. The third-order valence-corrected chi connectivity index (χ3v) is 3.44. The first kappa shape index (κ1) is 13.4. The zero-order chi connectivity index (χ0) is 14.0. The summed E-state index contributed by atoms with van der Waals surface area (Å²) in [5.41, 5.74) is 6.52. The molecule has 0 saturated heterocycles. The van der Waals surface area contributed by atoms with E-state index in [1.165, 1.54) is 6.07 Å². The number of hydrogen-bond donors (Lipinski definition) is 2.